The molecule has 0 spiro atoms. The second-order valence-electron chi connectivity index (χ2n) is 7.24. The van der Waals surface area contributed by atoms with E-state index in [9.17, 15) is 18.4 Å². The van der Waals surface area contributed by atoms with E-state index in [1.54, 1.807) is 20.8 Å². The van der Waals surface area contributed by atoms with Crippen molar-refractivity contribution in [1.82, 2.24) is 5.48 Å². The number of carbonyl (C=O) groups is 2. The third-order valence-corrected chi connectivity index (χ3v) is 3.79. The molecule has 2 N–H and O–H groups in total. The lowest BCUT2D eigenvalue weighted by atomic mass is 10.1. The van der Waals surface area contributed by atoms with E-state index in [1.165, 1.54) is 0 Å². The summed E-state index contributed by atoms with van der Waals surface area (Å²) in [6.07, 6.45) is 3.88. The van der Waals surface area contributed by atoms with Crippen molar-refractivity contribution in [1.29, 1.82) is 0 Å². The number of rotatable bonds is 6. The van der Waals surface area contributed by atoms with E-state index in [0.29, 0.717) is 0 Å². The molecule has 0 aromatic heterocycles. The van der Waals surface area contributed by atoms with E-state index in [-0.39, 0.29) is 17.3 Å². The zero-order valence-electron chi connectivity index (χ0n) is 15.2. The number of anilines is 1. The third-order valence-electron chi connectivity index (χ3n) is 3.79. The highest BCUT2D eigenvalue weighted by Gasteiger charge is 2.22. The molecule has 144 valence electrons. The number of amides is 1. The Labute approximate surface area is 151 Å². The minimum absolute atomic E-state index is 0.0972. The van der Waals surface area contributed by atoms with Crippen molar-refractivity contribution in [2.45, 2.75) is 58.1 Å². The highest BCUT2D eigenvalue weighted by Crippen LogP contribution is 2.26. The average molecular weight is 370 g/mol. The molecular formula is C18H24F2N2O4. The Bertz CT molecular complexity index is 668. The summed E-state index contributed by atoms with van der Waals surface area (Å²) in [5.74, 6) is -3.63. The Morgan fingerprint density at radius 3 is 2.38 bits per heavy atom. The number of halogens is 2. The molecule has 0 aliphatic heterocycles. The summed E-state index contributed by atoms with van der Waals surface area (Å²) in [5.41, 5.74) is 1.47. The molecule has 0 radical (unpaired) electrons. The quantitative estimate of drug-likeness (QED) is 0.593. The molecule has 0 bridgehead atoms. The molecule has 6 nitrogen and oxygen atoms in total. The number of benzene rings is 1. The summed E-state index contributed by atoms with van der Waals surface area (Å²) < 4.78 is 32.2. The minimum Gasteiger partial charge on any atom is -0.458 e. The first-order valence-corrected chi connectivity index (χ1v) is 8.55. The van der Waals surface area contributed by atoms with Gasteiger partial charge in [0, 0.05) is 12.1 Å². The highest BCUT2D eigenvalue weighted by atomic mass is 19.2. The van der Waals surface area contributed by atoms with Gasteiger partial charge in [-0.3, -0.25) is 9.63 Å². The Morgan fingerprint density at radius 2 is 1.77 bits per heavy atom. The van der Waals surface area contributed by atoms with Crippen LogP contribution in [0.5, 0.6) is 0 Å². The van der Waals surface area contributed by atoms with Crippen LogP contribution in [-0.4, -0.2) is 30.1 Å². The fourth-order valence-corrected chi connectivity index (χ4v) is 2.73. The van der Waals surface area contributed by atoms with E-state index in [1.807, 2.05) is 0 Å². The minimum atomic E-state index is -1.14. The Balaban J connectivity index is 2.00. The molecule has 1 aromatic rings. The summed E-state index contributed by atoms with van der Waals surface area (Å²) in [5, 5.41) is 3.07. The van der Waals surface area contributed by atoms with E-state index in [2.05, 4.69) is 10.8 Å². The molecule has 0 heterocycles. The van der Waals surface area contributed by atoms with Gasteiger partial charge in [0.2, 0.25) is 0 Å². The standard InChI is InChI=1S/C18H24F2N2O4/c1-18(2,3)26-16(23)10-25-22-17(24)12-8-13(19)14(20)9-15(12)21-11-6-4-5-7-11/h8-9,11,21H,4-7,10H2,1-3H3,(H,22,24). The summed E-state index contributed by atoms with van der Waals surface area (Å²) >= 11 is 0. The van der Waals surface area contributed by atoms with Crippen LogP contribution in [-0.2, 0) is 14.4 Å². The number of ether oxygens (including phenoxy) is 1. The molecular weight excluding hydrogens is 346 g/mol. The van der Waals surface area contributed by atoms with Gasteiger partial charge in [-0.25, -0.2) is 19.1 Å². The normalized spacial score (nSPS) is 15.0. The molecule has 1 saturated carbocycles. The van der Waals surface area contributed by atoms with Crippen LogP contribution in [0.25, 0.3) is 0 Å². The number of nitrogens with one attached hydrogen (secondary N) is 2. The van der Waals surface area contributed by atoms with Gasteiger partial charge in [-0.15, -0.1) is 0 Å². The van der Waals surface area contributed by atoms with Crippen LogP contribution in [0.4, 0.5) is 14.5 Å². The first-order valence-electron chi connectivity index (χ1n) is 8.55. The van der Waals surface area contributed by atoms with Gasteiger partial charge in [-0.05, 0) is 39.7 Å². The van der Waals surface area contributed by atoms with E-state index >= 15 is 0 Å². The molecule has 26 heavy (non-hydrogen) atoms. The van der Waals surface area contributed by atoms with Crippen molar-refractivity contribution in [3.63, 3.8) is 0 Å². The SMILES string of the molecule is CC(C)(C)OC(=O)CONC(=O)c1cc(F)c(F)cc1NC1CCCC1. The molecule has 2 rings (SSSR count). The van der Waals surface area contributed by atoms with Gasteiger partial charge in [-0.2, -0.15) is 0 Å². The van der Waals surface area contributed by atoms with Gasteiger partial charge in [0.25, 0.3) is 5.91 Å². The van der Waals surface area contributed by atoms with Gasteiger partial charge in [0.15, 0.2) is 18.2 Å². The maximum atomic E-state index is 13.6. The first-order chi connectivity index (χ1) is 12.2. The monoisotopic (exact) mass is 370 g/mol. The molecule has 1 aliphatic carbocycles. The number of esters is 1. The van der Waals surface area contributed by atoms with Crippen LogP contribution < -0.4 is 10.8 Å². The van der Waals surface area contributed by atoms with Crippen LogP contribution in [0.15, 0.2) is 12.1 Å². The second kappa shape index (κ2) is 8.44. The van der Waals surface area contributed by atoms with E-state index in [4.69, 9.17) is 9.57 Å². The second-order valence-corrected chi connectivity index (χ2v) is 7.24. The molecule has 0 saturated heterocycles. The van der Waals surface area contributed by atoms with Gasteiger partial charge < -0.3 is 10.1 Å². The Morgan fingerprint density at radius 1 is 1.15 bits per heavy atom. The highest BCUT2D eigenvalue weighted by molar-refractivity contribution is 5.99. The molecule has 1 aromatic carbocycles. The molecule has 0 unspecified atom stereocenters. The number of hydrogen-bond donors (Lipinski definition) is 2. The number of hydrogen-bond acceptors (Lipinski definition) is 5. The molecule has 0 atom stereocenters. The van der Waals surface area contributed by atoms with Gasteiger partial charge in [-0.1, -0.05) is 12.8 Å². The zero-order chi connectivity index (χ0) is 19.3. The van der Waals surface area contributed by atoms with Crippen LogP contribution in [0, 0.1) is 11.6 Å². The molecule has 1 amide bonds. The summed E-state index contributed by atoms with van der Waals surface area (Å²) in [6, 6.07) is 1.86. The largest absolute Gasteiger partial charge is 0.458 e. The fraction of sp³-hybridized carbons (Fsp3) is 0.556. The third kappa shape index (κ3) is 5.94. The van der Waals surface area contributed by atoms with Crippen LogP contribution in [0.3, 0.4) is 0 Å². The maximum Gasteiger partial charge on any atom is 0.335 e. The Hall–Kier alpha value is -2.22. The average Bonchev–Trinajstić information content (AvgIpc) is 3.01. The summed E-state index contributed by atoms with van der Waals surface area (Å²) in [7, 11) is 0. The number of carbonyl (C=O) groups excluding carboxylic acids is 2. The predicted molar refractivity (Wildman–Crippen MR) is 91.5 cm³/mol. The predicted octanol–water partition coefficient (Wildman–Crippen LogP) is 3.32. The van der Waals surface area contributed by atoms with Gasteiger partial charge in [0.1, 0.15) is 5.60 Å². The van der Waals surface area contributed by atoms with Crippen molar-refractivity contribution in [3.05, 3.63) is 29.3 Å². The fourth-order valence-electron chi connectivity index (χ4n) is 2.73. The smallest absolute Gasteiger partial charge is 0.335 e. The van der Waals surface area contributed by atoms with Gasteiger partial charge in [0.05, 0.1) is 11.3 Å². The molecule has 1 aliphatic rings. The summed E-state index contributed by atoms with van der Waals surface area (Å²) in [6.45, 7) is 4.60. The van der Waals surface area contributed by atoms with E-state index < -0.39 is 35.7 Å². The summed E-state index contributed by atoms with van der Waals surface area (Å²) in [4.78, 5) is 28.6. The van der Waals surface area contributed by atoms with Gasteiger partial charge >= 0.3 is 5.97 Å². The number of hydroxylamine groups is 1. The lowest BCUT2D eigenvalue weighted by molar-refractivity contribution is -0.162. The van der Waals surface area contributed by atoms with Crippen LogP contribution in [0.2, 0.25) is 0 Å². The first kappa shape index (κ1) is 20.1. The lowest BCUT2D eigenvalue weighted by Gasteiger charge is -2.19. The molecule has 8 heteroatoms. The van der Waals surface area contributed by atoms with Crippen molar-refractivity contribution >= 4 is 17.6 Å². The van der Waals surface area contributed by atoms with Crippen LogP contribution >= 0.6 is 0 Å². The lowest BCUT2D eigenvalue weighted by Crippen LogP contribution is -2.32. The Kier molecular flexibility index (Phi) is 6.52. The van der Waals surface area contributed by atoms with Crippen LogP contribution in [0.1, 0.15) is 56.8 Å². The van der Waals surface area contributed by atoms with Crippen molar-refractivity contribution in [2.75, 3.05) is 11.9 Å². The topological polar surface area (TPSA) is 76.7 Å². The van der Waals surface area contributed by atoms with Crippen molar-refractivity contribution in [3.8, 4) is 0 Å². The molecule has 1 fully saturated rings. The maximum absolute atomic E-state index is 13.6. The van der Waals surface area contributed by atoms with Crippen molar-refractivity contribution in [2.24, 2.45) is 0 Å². The zero-order valence-corrected chi connectivity index (χ0v) is 15.2. The van der Waals surface area contributed by atoms with Crippen molar-refractivity contribution < 1.29 is 27.9 Å². The van der Waals surface area contributed by atoms with E-state index in [0.717, 1.165) is 37.8 Å².